The fourth-order valence-electron chi connectivity index (χ4n) is 7.07. The average molecular weight is 641 g/mol. The summed E-state index contributed by atoms with van der Waals surface area (Å²) in [4.78, 5) is 15.6. The van der Waals surface area contributed by atoms with Gasteiger partial charge >= 0.3 is 0 Å². The van der Waals surface area contributed by atoms with Crippen LogP contribution in [-0.4, -0.2) is 19.5 Å². The molecule has 0 bridgehead atoms. The smallest absolute Gasteiger partial charge is 0.238 e. The minimum absolute atomic E-state index is 0.529. The van der Waals surface area contributed by atoms with Crippen molar-refractivity contribution in [2.24, 2.45) is 0 Å². The van der Waals surface area contributed by atoms with Crippen LogP contribution in [0.3, 0.4) is 0 Å². The standard InChI is InChI=1S/C45H28N4O/c1-3-12-29(13-4-1)31-22-24-32(25-23-31)43-46-44(34-17-11-16-33(28-34)30-14-5-2-6-15-30)48-45(47-43)49-39-20-9-7-18-35(39)37-26-27-38-36-19-8-10-21-40(36)50-42(38)41(37)49/h1-28H. The highest BCUT2D eigenvalue weighted by Crippen LogP contribution is 2.40. The minimum Gasteiger partial charge on any atom is -0.454 e. The molecule has 10 rings (SSSR count). The highest BCUT2D eigenvalue weighted by molar-refractivity contribution is 6.21. The van der Waals surface area contributed by atoms with Crippen LogP contribution in [0.1, 0.15) is 0 Å². The van der Waals surface area contributed by atoms with Crippen LogP contribution >= 0.6 is 0 Å². The second-order valence-electron chi connectivity index (χ2n) is 12.5. The molecule has 0 spiro atoms. The molecule has 0 N–H and O–H groups in total. The lowest BCUT2D eigenvalue weighted by Gasteiger charge is -2.12. The quantitative estimate of drug-likeness (QED) is 0.188. The first-order valence-corrected chi connectivity index (χ1v) is 16.7. The summed E-state index contributed by atoms with van der Waals surface area (Å²) < 4.78 is 8.76. The Morgan fingerprint density at radius 3 is 1.72 bits per heavy atom. The maximum Gasteiger partial charge on any atom is 0.238 e. The van der Waals surface area contributed by atoms with Crippen molar-refractivity contribution in [2.75, 3.05) is 0 Å². The maximum absolute atomic E-state index is 6.62. The van der Waals surface area contributed by atoms with Crippen LogP contribution in [0, 0.1) is 0 Å². The van der Waals surface area contributed by atoms with Crippen molar-refractivity contribution < 1.29 is 4.42 Å². The fraction of sp³-hybridized carbons (Fsp3) is 0. The second-order valence-corrected chi connectivity index (χ2v) is 12.5. The number of para-hydroxylation sites is 2. The van der Waals surface area contributed by atoms with Gasteiger partial charge in [0.1, 0.15) is 11.1 Å². The molecule has 0 radical (unpaired) electrons. The van der Waals surface area contributed by atoms with E-state index in [2.05, 4.69) is 144 Å². The van der Waals surface area contributed by atoms with Crippen molar-refractivity contribution >= 4 is 43.7 Å². The normalized spacial score (nSPS) is 11.6. The van der Waals surface area contributed by atoms with E-state index in [1.807, 2.05) is 30.3 Å². The van der Waals surface area contributed by atoms with E-state index in [4.69, 9.17) is 19.4 Å². The van der Waals surface area contributed by atoms with Gasteiger partial charge in [-0.2, -0.15) is 9.97 Å². The largest absolute Gasteiger partial charge is 0.454 e. The summed E-state index contributed by atoms with van der Waals surface area (Å²) in [5.41, 5.74) is 9.92. The van der Waals surface area contributed by atoms with Crippen LogP contribution in [0.5, 0.6) is 0 Å². The Kier molecular flexibility index (Phi) is 6.42. The molecule has 0 saturated carbocycles. The zero-order valence-electron chi connectivity index (χ0n) is 26.9. The molecule has 0 aliphatic heterocycles. The number of rotatable bonds is 5. The van der Waals surface area contributed by atoms with Crippen LogP contribution < -0.4 is 0 Å². The first-order chi connectivity index (χ1) is 24.8. The topological polar surface area (TPSA) is 56.7 Å². The van der Waals surface area contributed by atoms with Crippen LogP contribution in [0.25, 0.3) is 94.7 Å². The number of nitrogens with zero attached hydrogens (tertiary/aromatic N) is 4. The van der Waals surface area contributed by atoms with Gasteiger partial charge in [-0.05, 0) is 46.5 Å². The molecule has 0 unspecified atom stereocenters. The molecule has 10 aromatic rings. The minimum atomic E-state index is 0.529. The van der Waals surface area contributed by atoms with Gasteiger partial charge in [0.05, 0.1) is 5.52 Å². The first-order valence-electron chi connectivity index (χ1n) is 16.7. The van der Waals surface area contributed by atoms with Crippen molar-refractivity contribution in [3.63, 3.8) is 0 Å². The molecule has 0 amide bonds. The Bertz CT molecular complexity index is 2850. The Morgan fingerprint density at radius 2 is 0.940 bits per heavy atom. The van der Waals surface area contributed by atoms with E-state index in [9.17, 15) is 0 Å². The molecule has 5 heteroatoms. The molecule has 5 nitrogen and oxygen atoms in total. The molecule has 0 saturated heterocycles. The molecule has 0 aliphatic carbocycles. The monoisotopic (exact) mass is 640 g/mol. The molecule has 234 valence electrons. The Balaban J connectivity index is 1.24. The zero-order chi connectivity index (χ0) is 33.0. The van der Waals surface area contributed by atoms with Crippen molar-refractivity contribution in [2.45, 2.75) is 0 Å². The first kappa shape index (κ1) is 28.2. The molecule has 7 aromatic carbocycles. The van der Waals surface area contributed by atoms with Crippen molar-refractivity contribution in [1.82, 2.24) is 19.5 Å². The highest BCUT2D eigenvalue weighted by atomic mass is 16.3. The fourth-order valence-corrected chi connectivity index (χ4v) is 7.07. The van der Waals surface area contributed by atoms with Gasteiger partial charge in [-0.1, -0.05) is 146 Å². The molecular weight excluding hydrogens is 613 g/mol. The van der Waals surface area contributed by atoms with E-state index in [-0.39, 0.29) is 0 Å². The van der Waals surface area contributed by atoms with Gasteiger partial charge in [0.25, 0.3) is 0 Å². The summed E-state index contributed by atoms with van der Waals surface area (Å²) in [5.74, 6) is 1.72. The van der Waals surface area contributed by atoms with Crippen LogP contribution in [0.2, 0.25) is 0 Å². The molecule has 0 atom stereocenters. The summed E-state index contributed by atoms with van der Waals surface area (Å²) in [6, 6.07) is 58.6. The van der Waals surface area contributed by atoms with Gasteiger partial charge in [0.15, 0.2) is 17.2 Å². The summed E-state index contributed by atoms with van der Waals surface area (Å²) >= 11 is 0. The molecule has 0 aliphatic rings. The van der Waals surface area contributed by atoms with E-state index >= 15 is 0 Å². The van der Waals surface area contributed by atoms with Crippen LogP contribution in [0.4, 0.5) is 0 Å². The Labute approximate surface area is 287 Å². The van der Waals surface area contributed by atoms with Crippen LogP contribution in [-0.2, 0) is 0 Å². The summed E-state index contributed by atoms with van der Waals surface area (Å²) in [7, 11) is 0. The van der Waals surface area contributed by atoms with Gasteiger partial charge in [-0.3, -0.25) is 4.57 Å². The van der Waals surface area contributed by atoms with E-state index in [1.54, 1.807) is 0 Å². The number of fused-ring (bicyclic) bond motifs is 7. The number of hydrogen-bond acceptors (Lipinski definition) is 4. The molecule has 3 heterocycles. The number of benzene rings is 7. The van der Waals surface area contributed by atoms with E-state index in [0.29, 0.717) is 17.6 Å². The third kappa shape index (κ3) is 4.60. The predicted molar refractivity (Wildman–Crippen MR) is 203 cm³/mol. The number of furan rings is 1. The molecule has 0 fully saturated rings. The molecular formula is C45H28N4O. The number of hydrogen-bond donors (Lipinski definition) is 0. The van der Waals surface area contributed by atoms with Gasteiger partial charge in [-0.15, -0.1) is 0 Å². The molecule has 3 aromatic heterocycles. The van der Waals surface area contributed by atoms with E-state index < -0.39 is 0 Å². The second kappa shape index (κ2) is 11.4. The lowest BCUT2D eigenvalue weighted by molar-refractivity contribution is 0.670. The van der Waals surface area contributed by atoms with Crippen molar-refractivity contribution in [3.8, 4) is 51.0 Å². The lowest BCUT2D eigenvalue weighted by atomic mass is 10.0. The third-order valence-electron chi connectivity index (χ3n) is 9.48. The maximum atomic E-state index is 6.62. The Hall–Kier alpha value is -6.85. The summed E-state index contributed by atoms with van der Waals surface area (Å²) in [6.45, 7) is 0. The SMILES string of the molecule is c1ccc(-c2ccc(-c3nc(-c4cccc(-c5ccccc5)c4)nc(-n4c5ccccc5c5ccc6c7ccccc7oc6c54)n3)cc2)cc1. The highest BCUT2D eigenvalue weighted by Gasteiger charge is 2.22. The lowest BCUT2D eigenvalue weighted by Crippen LogP contribution is -2.06. The van der Waals surface area contributed by atoms with E-state index in [1.165, 1.54) is 0 Å². The van der Waals surface area contributed by atoms with Gasteiger partial charge in [0, 0.05) is 32.7 Å². The zero-order valence-corrected chi connectivity index (χ0v) is 26.9. The van der Waals surface area contributed by atoms with E-state index in [0.717, 1.165) is 77.1 Å². The Morgan fingerprint density at radius 1 is 0.380 bits per heavy atom. The van der Waals surface area contributed by atoms with Gasteiger partial charge < -0.3 is 4.42 Å². The average Bonchev–Trinajstić information content (AvgIpc) is 3.75. The van der Waals surface area contributed by atoms with Crippen molar-refractivity contribution in [3.05, 3.63) is 170 Å². The summed E-state index contributed by atoms with van der Waals surface area (Å²) in [5, 5.41) is 4.31. The molecule has 50 heavy (non-hydrogen) atoms. The summed E-state index contributed by atoms with van der Waals surface area (Å²) in [6.07, 6.45) is 0. The third-order valence-corrected chi connectivity index (χ3v) is 9.48. The van der Waals surface area contributed by atoms with Crippen LogP contribution in [0.15, 0.2) is 174 Å². The number of aromatic nitrogens is 4. The van der Waals surface area contributed by atoms with Gasteiger partial charge in [-0.25, -0.2) is 4.98 Å². The van der Waals surface area contributed by atoms with Gasteiger partial charge in [0.2, 0.25) is 5.95 Å². The predicted octanol–water partition coefficient (Wildman–Crippen LogP) is 11.5. The van der Waals surface area contributed by atoms with Crippen molar-refractivity contribution in [1.29, 1.82) is 0 Å².